The predicted molar refractivity (Wildman–Crippen MR) is 62.8 cm³/mol. The fourth-order valence-corrected chi connectivity index (χ4v) is 4.99. The van der Waals surface area contributed by atoms with Crippen LogP contribution < -0.4 is 5.73 Å². The van der Waals surface area contributed by atoms with Crippen LogP contribution in [0.4, 0.5) is 5.69 Å². The predicted octanol–water partition coefficient (Wildman–Crippen LogP) is 2.63. The molecule has 1 heterocycles. The van der Waals surface area contributed by atoms with E-state index >= 15 is 0 Å². The third kappa shape index (κ3) is 1.08. The molecule has 0 bridgehead atoms. The van der Waals surface area contributed by atoms with Gasteiger partial charge in [0.05, 0.1) is 0 Å². The molecule has 0 saturated heterocycles. The summed E-state index contributed by atoms with van der Waals surface area (Å²) < 4.78 is 2.94. The SMILES string of the molecule is Nc1cccc2c1[te]c1ccccc12. The molecule has 3 rings (SSSR count). The Balaban J connectivity index is 2.63. The van der Waals surface area contributed by atoms with Gasteiger partial charge in [0.25, 0.3) is 0 Å². The fraction of sp³-hybridized carbons (Fsp3) is 0. The van der Waals surface area contributed by atoms with Gasteiger partial charge >= 0.3 is 91.9 Å². The van der Waals surface area contributed by atoms with Crippen molar-refractivity contribution < 1.29 is 0 Å². The summed E-state index contributed by atoms with van der Waals surface area (Å²) in [5, 5.41) is 2.76. The number of hydrogen-bond acceptors (Lipinski definition) is 1. The average Bonchev–Trinajstić information content (AvgIpc) is 2.59. The van der Waals surface area contributed by atoms with Gasteiger partial charge in [-0.25, -0.2) is 0 Å². The molecule has 0 radical (unpaired) electrons. The third-order valence-electron chi connectivity index (χ3n) is 2.43. The van der Waals surface area contributed by atoms with Crippen molar-refractivity contribution in [2.45, 2.75) is 0 Å². The van der Waals surface area contributed by atoms with Crippen LogP contribution in [0.3, 0.4) is 0 Å². The molecular formula is C12H9NTe. The van der Waals surface area contributed by atoms with E-state index in [2.05, 4.69) is 30.3 Å². The van der Waals surface area contributed by atoms with Gasteiger partial charge in [-0.15, -0.1) is 0 Å². The molecule has 14 heavy (non-hydrogen) atoms. The van der Waals surface area contributed by atoms with Crippen LogP contribution in [0.5, 0.6) is 0 Å². The summed E-state index contributed by atoms with van der Waals surface area (Å²) in [6.45, 7) is 0. The van der Waals surface area contributed by atoms with Crippen molar-refractivity contribution in [2.75, 3.05) is 5.73 Å². The van der Waals surface area contributed by atoms with E-state index in [1.807, 2.05) is 12.1 Å². The molecule has 2 N–H and O–H groups in total. The molecule has 0 amide bonds. The summed E-state index contributed by atoms with van der Waals surface area (Å²) >= 11 is -0.231. The van der Waals surface area contributed by atoms with E-state index in [0.29, 0.717) is 0 Å². The minimum atomic E-state index is -0.231. The summed E-state index contributed by atoms with van der Waals surface area (Å²) in [5.41, 5.74) is 6.96. The van der Waals surface area contributed by atoms with Crippen LogP contribution in [0.2, 0.25) is 0 Å². The van der Waals surface area contributed by atoms with E-state index in [1.54, 1.807) is 0 Å². The summed E-state index contributed by atoms with van der Waals surface area (Å²) in [4.78, 5) is 0. The summed E-state index contributed by atoms with van der Waals surface area (Å²) in [5.74, 6) is 0. The first-order valence-corrected chi connectivity index (χ1v) is 6.85. The Kier molecular flexibility index (Phi) is 1.80. The molecule has 2 heteroatoms. The first-order chi connectivity index (χ1) is 6.86. The number of fused-ring (bicyclic) bond motifs is 3. The number of hydrogen-bond donors (Lipinski definition) is 1. The second kappa shape index (κ2) is 3.02. The number of anilines is 1. The summed E-state index contributed by atoms with van der Waals surface area (Å²) in [7, 11) is 0. The zero-order valence-electron chi connectivity index (χ0n) is 7.53. The zero-order valence-corrected chi connectivity index (χ0v) is 9.86. The van der Waals surface area contributed by atoms with Crippen molar-refractivity contribution in [2.24, 2.45) is 0 Å². The van der Waals surface area contributed by atoms with Gasteiger partial charge in [0.1, 0.15) is 0 Å². The van der Waals surface area contributed by atoms with Crippen LogP contribution in [0.15, 0.2) is 42.5 Å². The van der Waals surface area contributed by atoms with E-state index in [9.17, 15) is 0 Å². The van der Waals surface area contributed by atoms with Crippen molar-refractivity contribution >= 4 is 43.7 Å². The Hall–Kier alpha value is -0.970. The van der Waals surface area contributed by atoms with Crippen LogP contribution in [0.25, 0.3) is 17.6 Å². The molecule has 0 fully saturated rings. The number of rotatable bonds is 0. The Morgan fingerprint density at radius 2 is 1.64 bits per heavy atom. The van der Waals surface area contributed by atoms with E-state index < -0.39 is 0 Å². The molecule has 1 nitrogen and oxygen atoms in total. The van der Waals surface area contributed by atoms with Gasteiger partial charge in [-0.3, -0.25) is 0 Å². The monoisotopic (exact) mass is 297 g/mol. The maximum atomic E-state index is 5.98. The number of nitrogen functional groups attached to an aromatic ring is 1. The maximum absolute atomic E-state index is 5.98. The summed E-state index contributed by atoms with van der Waals surface area (Å²) in [6.07, 6.45) is 0. The van der Waals surface area contributed by atoms with E-state index in [1.165, 1.54) is 17.6 Å². The van der Waals surface area contributed by atoms with Crippen LogP contribution in [0.1, 0.15) is 0 Å². The van der Waals surface area contributed by atoms with E-state index in [4.69, 9.17) is 5.73 Å². The molecule has 0 spiro atoms. The first kappa shape index (κ1) is 8.35. The standard InChI is InChI=1S/C12H9NTe/c13-10-6-3-5-9-8-4-1-2-7-11(8)14-12(9)10/h1-7H,13H2. The van der Waals surface area contributed by atoms with Crippen LogP contribution >= 0.6 is 0 Å². The Morgan fingerprint density at radius 3 is 2.57 bits per heavy atom. The molecule has 68 valence electrons. The Morgan fingerprint density at radius 1 is 0.857 bits per heavy atom. The van der Waals surface area contributed by atoms with Gasteiger partial charge in [0, 0.05) is 0 Å². The van der Waals surface area contributed by atoms with Crippen molar-refractivity contribution in [1.82, 2.24) is 0 Å². The number of benzene rings is 2. The van der Waals surface area contributed by atoms with Gasteiger partial charge in [-0.2, -0.15) is 0 Å². The van der Waals surface area contributed by atoms with Crippen LogP contribution in [-0.4, -0.2) is 20.4 Å². The molecule has 0 aliphatic heterocycles. The van der Waals surface area contributed by atoms with E-state index in [-0.39, 0.29) is 20.4 Å². The third-order valence-corrected chi connectivity index (χ3v) is 5.96. The molecule has 3 aromatic rings. The van der Waals surface area contributed by atoms with Crippen molar-refractivity contribution in [3.05, 3.63) is 42.5 Å². The second-order valence-electron chi connectivity index (χ2n) is 3.32. The van der Waals surface area contributed by atoms with Gasteiger partial charge in [0.15, 0.2) is 0 Å². The van der Waals surface area contributed by atoms with Gasteiger partial charge in [0.2, 0.25) is 0 Å². The average molecular weight is 295 g/mol. The van der Waals surface area contributed by atoms with Gasteiger partial charge < -0.3 is 0 Å². The van der Waals surface area contributed by atoms with Crippen molar-refractivity contribution in [3.63, 3.8) is 0 Å². The topological polar surface area (TPSA) is 26.0 Å². The van der Waals surface area contributed by atoms with Crippen LogP contribution in [0, 0.1) is 0 Å². The molecule has 0 unspecified atom stereocenters. The quantitative estimate of drug-likeness (QED) is 0.501. The molecule has 1 aromatic heterocycles. The summed E-state index contributed by atoms with van der Waals surface area (Å²) in [6, 6.07) is 14.9. The molecule has 0 aliphatic rings. The van der Waals surface area contributed by atoms with Gasteiger partial charge in [-0.05, 0) is 0 Å². The Labute approximate surface area is 91.8 Å². The minimum absolute atomic E-state index is 0.231. The van der Waals surface area contributed by atoms with Crippen molar-refractivity contribution in [3.8, 4) is 0 Å². The molecule has 0 saturated carbocycles. The first-order valence-electron chi connectivity index (χ1n) is 4.52. The fourth-order valence-electron chi connectivity index (χ4n) is 1.77. The van der Waals surface area contributed by atoms with Crippen LogP contribution in [-0.2, 0) is 0 Å². The Bertz CT molecular complexity index is 610. The normalized spacial score (nSPS) is 11.1. The zero-order chi connectivity index (χ0) is 9.54. The molecular weight excluding hydrogens is 286 g/mol. The second-order valence-corrected chi connectivity index (χ2v) is 6.33. The molecule has 0 atom stereocenters. The van der Waals surface area contributed by atoms with Gasteiger partial charge in [-0.1, -0.05) is 0 Å². The number of nitrogens with two attached hydrogens (primary N) is 1. The molecule has 0 aliphatic carbocycles. The van der Waals surface area contributed by atoms with Crippen molar-refractivity contribution in [1.29, 1.82) is 0 Å². The molecule has 2 aromatic carbocycles. The van der Waals surface area contributed by atoms with E-state index in [0.717, 1.165) is 5.69 Å².